The van der Waals surface area contributed by atoms with Crippen molar-refractivity contribution in [2.24, 2.45) is 11.1 Å². The van der Waals surface area contributed by atoms with Crippen molar-refractivity contribution < 1.29 is 4.79 Å². The molecule has 0 radical (unpaired) electrons. The van der Waals surface area contributed by atoms with E-state index in [-0.39, 0.29) is 5.91 Å². The van der Waals surface area contributed by atoms with E-state index < -0.39 is 0 Å². The Hall–Kier alpha value is -1.45. The SMILES string of the molecule is C=C/C(N)=C\N(C)CCCCN(C)C(C)=O.CC.CC.CC(C)(C)C. The molecular formula is C21H47N3O. The highest BCUT2D eigenvalue weighted by atomic mass is 16.2. The van der Waals surface area contributed by atoms with E-state index in [1.54, 1.807) is 17.9 Å². The van der Waals surface area contributed by atoms with Gasteiger partial charge in [-0.05, 0) is 24.3 Å². The molecule has 0 fully saturated rings. The van der Waals surface area contributed by atoms with Crippen LogP contribution in [0.3, 0.4) is 0 Å². The summed E-state index contributed by atoms with van der Waals surface area (Å²) in [5.41, 5.74) is 6.78. The molecule has 4 nitrogen and oxygen atoms in total. The van der Waals surface area contributed by atoms with Crippen LogP contribution < -0.4 is 5.73 Å². The molecule has 0 atom stereocenters. The largest absolute Gasteiger partial charge is 0.398 e. The number of rotatable bonds is 7. The van der Waals surface area contributed by atoms with E-state index in [2.05, 4.69) is 34.3 Å². The third kappa shape index (κ3) is 39.4. The molecule has 0 saturated heterocycles. The number of carbonyl (C=O) groups is 1. The van der Waals surface area contributed by atoms with Gasteiger partial charge in [-0.15, -0.1) is 0 Å². The van der Waals surface area contributed by atoms with Crippen molar-refractivity contribution in [1.82, 2.24) is 9.80 Å². The Kier molecular flexibility index (Phi) is 25.8. The van der Waals surface area contributed by atoms with Crippen molar-refractivity contribution >= 4 is 5.91 Å². The Bertz CT molecular complexity index is 325. The van der Waals surface area contributed by atoms with Crippen LogP contribution in [0.1, 0.15) is 75.2 Å². The van der Waals surface area contributed by atoms with E-state index in [0.717, 1.165) is 25.9 Å². The zero-order valence-corrected chi connectivity index (χ0v) is 19.1. The fourth-order valence-corrected chi connectivity index (χ4v) is 1.24. The fourth-order valence-electron chi connectivity index (χ4n) is 1.24. The molecule has 0 aliphatic heterocycles. The Balaban J connectivity index is -0.000000205. The second kappa shape index (κ2) is 20.6. The molecule has 25 heavy (non-hydrogen) atoms. The second-order valence-electron chi connectivity index (χ2n) is 6.96. The number of hydrogen-bond donors (Lipinski definition) is 1. The van der Waals surface area contributed by atoms with Crippen LogP contribution in [-0.4, -0.2) is 42.9 Å². The molecule has 152 valence electrons. The van der Waals surface area contributed by atoms with Gasteiger partial charge in [-0.2, -0.15) is 0 Å². The zero-order valence-electron chi connectivity index (χ0n) is 19.1. The predicted molar refractivity (Wildman–Crippen MR) is 115 cm³/mol. The predicted octanol–water partition coefficient (Wildman–Crippen LogP) is 5.27. The quantitative estimate of drug-likeness (QED) is 0.499. The first-order valence-electron chi connectivity index (χ1n) is 9.49. The molecule has 0 saturated carbocycles. The van der Waals surface area contributed by atoms with Gasteiger partial charge in [0.15, 0.2) is 0 Å². The number of hydrogen-bond acceptors (Lipinski definition) is 3. The first kappa shape index (κ1) is 31.3. The molecule has 0 aliphatic rings. The molecule has 0 heterocycles. The summed E-state index contributed by atoms with van der Waals surface area (Å²) in [7, 11) is 3.80. The normalized spacial score (nSPS) is 9.96. The van der Waals surface area contributed by atoms with Crippen LogP contribution in [-0.2, 0) is 4.79 Å². The first-order chi connectivity index (χ1) is 11.5. The molecule has 0 aliphatic carbocycles. The van der Waals surface area contributed by atoms with Crippen molar-refractivity contribution in [3.05, 3.63) is 24.6 Å². The highest BCUT2D eigenvalue weighted by molar-refractivity contribution is 5.72. The molecule has 4 heteroatoms. The maximum atomic E-state index is 10.9. The lowest BCUT2D eigenvalue weighted by Gasteiger charge is -2.17. The minimum atomic E-state index is 0.115. The number of unbranched alkanes of at least 4 members (excludes halogenated alkanes) is 1. The summed E-state index contributed by atoms with van der Waals surface area (Å²) in [5.74, 6) is 0.115. The van der Waals surface area contributed by atoms with Crippen molar-refractivity contribution in [2.45, 2.75) is 75.2 Å². The molecule has 2 N–H and O–H groups in total. The van der Waals surface area contributed by atoms with Crippen LogP contribution in [0.5, 0.6) is 0 Å². The van der Waals surface area contributed by atoms with E-state index in [0.29, 0.717) is 11.1 Å². The highest BCUT2D eigenvalue weighted by Gasteiger charge is 2.01. The van der Waals surface area contributed by atoms with Gasteiger partial charge in [-0.25, -0.2) is 0 Å². The molecular weight excluding hydrogens is 310 g/mol. The van der Waals surface area contributed by atoms with Gasteiger partial charge in [0.25, 0.3) is 0 Å². The van der Waals surface area contributed by atoms with Gasteiger partial charge in [0, 0.05) is 46.0 Å². The molecule has 0 unspecified atom stereocenters. The highest BCUT2D eigenvalue weighted by Crippen LogP contribution is 2.08. The van der Waals surface area contributed by atoms with E-state index in [1.807, 2.05) is 52.9 Å². The number of allylic oxidation sites excluding steroid dienone is 1. The average molecular weight is 358 g/mol. The van der Waals surface area contributed by atoms with Crippen LogP contribution in [0.4, 0.5) is 0 Å². The Morgan fingerprint density at radius 1 is 1.00 bits per heavy atom. The Labute approximate surface area is 159 Å². The molecule has 0 rings (SSSR count). The van der Waals surface area contributed by atoms with E-state index in [1.165, 1.54) is 0 Å². The lowest BCUT2D eigenvalue weighted by Crippen LogP contribution is -2.25. The molecule has 1 amide bonds. The lowest BCUT2D eigenvalue weighted by atomic mass is 10.0. The molecule has 0 aromatic rings. The Morgan fingerprint density at radius 2 is 1.36 bits per heavy atom. The summed E-state index contributed by atoms with van der Waals surface area (Å²) < 4.78 is 0. The van der Waals surface area contributed by atoms with E-state index >= 15 is 0 Å². The molecule has 0 spiro atoms. The number of nitrogens with two attached hydrogens (primary N) is 1. The summed E-state index contributed by atoms with van der Waals surface area (Å²) in [4.78, 5) is 14.7. The fraction of sp³-hybridized carbons (Fsp3) is 0.762. The average Bonchev–Trinajstić information content (AvgIpc) is 2.53. The van der Waals surface area contributed by atoms with Crippen LogP contribution in [0.2, 0.25) is 0 Å². The number of carbonyl (C=O) groups excluding carboxylic acids is 1. The van der Waals surface area contributed by atoms with Gasteiger partial charge >= 0.3 is 0 Å². The standard InChI is InChI=1S/C12H23N3O.C5H12.2C2H6/c1-5-12(13)10-14(3)8-6-7-9-15(4)11(2)16;1-5(2,3)4;2*1-2/h5,10H,1,6-9,13H2,2-4H3;1-4H3;2*1-2H3/b12-10+;;;. The van der Waals surface area contributed by atoms with Crippen LogP contribution in [0, 0.1) is 5.41 Å². The summed E-state index contributed by atoms with van der Waals surface area (Å²) in [6.45, 7) is 23.7. The van der Waals surface area contributed by atoms with Crippen LogP contribution in [0.15, 0.2) is 24.6 Å². The summed E-state index contributed by atoms with van der Waals surface area (Å²) in [6, 6.07) is 0. The number of amides is 1. The third-order valence-corrected chi connectivity index (χ3v) is 2.40. The van der Waals surface area contributed by atoms with Gasteiger partial charge in [0.2, 0.25) is 5.91 Å². The van der Waals surface area contributed by atoms with Gasteiger partial charge < -0.3 is 15.5 Å². The maximum Gasteiger partial charge on any atom is 0.219 e. The second-order valence-corrected chi connectivity index (χ2v) is 6.96. The topological polar surface area (TPSA) is 49.6 Å². The third-order valence-electron chi connectivity index (χ3n) is 2.40. The maximum absolute atomic E-state index is 10.9. The minimum Gasteiger partial charge on any atom is -0.398 e. The van der Waals surface area contributed by atoms with Gasteiger partial charge in [0.1, 0.15) is 0 Å². The molecule has 0 aromatic heterocycles. The number of nitrogens with zero attached hydrogens (tertiary/aromatic N) is 2. The van der Waals surface area contributed by atoms with Gasteiger partial charge in [0.05, 0.1) is 0 Å². The smallest absolute Gasteiger partial charge is 0.219 e. The molecule has 0 bridgehead atoms. The van der Waals surface area contributed by atoms with Gasteiger partial charge in [-0.3, -0.25) is 4.79 Å². The van der Waals surface area contributed by atoms with Crippen LogP contribution >= 0.6 is 0 Å². The van der Waals surface area contributed by atoms with Gasteiger partial charge in [-0.1, -0.05) is 62.0 Å². The summed E-state index contributed by atoms with van der Waals surface area (Å²) in [6.07, 6.45) is 5.53. The van der Waals surface area contributed by atoms with Crippen molar-refractivity contribution in [2.75, 3.05) is 27.2 Å². The lowest BCUT2D eigenvalue weighted by molar-refractivity contribution is -0.127. The van der Waals surface area contributed by atoms with E-state index in [4.69, 9.17) is 5.73 Å². The monoisotopic (exact) mass is 357 g/mol. The van der Waals surface area contributed by atoms with Crippen molar-refractivity contribution in [3.63, 3.8) is 0 Å². The zero-order chi connectivity index (χ0) is 21.1. The van der Waals surface area contributed by atoms with Crippen molar-refractivity contribution in [1.29, 1.82) is 0 Å². The van der Waals surface area contributed by atoms with Crippen molar-refractivity contribution in [3.8, 4) is 0 Å². The Morgan fingerprint density at radius 3 is 1.68 bits per heavy atom. The molecule has 0 aromatic carbocycles. The minimum absolute atomic E-state index is 0.115. The van der Waals surface area contributed by atoms with Crippen LogP contribution in [0.25, 0.3) is 0 Å². The summed E-state index contributed by atoms with van der Waals surface area (Å²) in [5, 5.41) is 0. The summed E-state index contributed by atoms with van der Waals surface area (Å²) >= 11 is 0. The first-order valence-corrected chi connectivity index (χ1v) is 9.49. The van der Waals surface area contributed by atoms with E-state index in [9.17, 15) is 4.79 Å².